The SMILES string of the molecule is CC(C)n1cnnc1CN(C)c1ncnc2c1CCC2. The van der Waals surface area contributed by atoms with Crippen molar-refractivity contribution in [1.29, 1.82) is 0 Å². The molecule has 0 radical (unpaired) electrons. The van der Waals surface area contributed by atoms with Gasteiger partial charge in [0.15, 0.2) is 5.82 Å². The average Bonchev–Trinajstić information content (AvgIpc) is 3.05. The predicted molar refractivity (Wildman–Crippen MR) is 76.6 cm³/mol. The number of anilines is 1. The van der Waals surface area contributed by atoms with E-state index < -0.39 is 0 Å². The van der Waals surface area contributed by atoms with Crippen molar-refractivity contribution < 1.29 is 0 Å². The molecule has 6 heteroatoms. The summed E-state index contributed by atoms with van der Waals surface area (Å²) in [5, 5.41) is 8.24. The highest BCUT2D eigenvalue weighted by atomic mass is 15.3. The Morgan fingerprint density at radius 2 is 2.15 bits per heavy atom. The summed E-state index contributed by atoms with van der Waals surface area (Å²) in [4.78, 5) is 11.0. The lowest BCUT2D eigenvalue weighted by atomic mass is 10.2. The third kappa shape index (κ3) is 2.26. The highest BCUT2D eigenvalue weighted by molar-refractivity contribution is 5.49. The molecule has 0 bridgehead atoms. The van der Waals surface area contributed by atoms with Gasteiger partial charge in [-0.3, -0.25) is 0 Å². The second-order valence-corrected chi connectivity index (χ2v) is 5.58. The van der Waals surface area contributed by atoms with Crippen LogP contribution in [0.4, 0.5) is 5.82 Å². The molecular weight excluding hydrogens is 252 g/mol. The van der Waals surface area contributed by atoms with Gasteiger partial charge in [-0.25, -0.2) is 9.97 Å². The third-order valence-corrected chi connectivity index (χ3v) is 3.80. The van der Waals surface area contributed by atoms with Crippen LogP contribution in [0.2, 0.25) is 0 Å². The third-order valence-electron chi connectivity index (χ3n) is 3.80. The maximum absolute atomic E-state index is 4.46. The van der Waals surface area contributed by atoms with Crippen molar-refractivity contribution in [3.05, 3.63) is 29.7 Å². The highest BCUT2D eigenvalue weighted by Crippen LogP contribution is 2.27. The van der Waals surface area contributed by atoms with E-state index >= 15 is 0 Å². The number of rotatable bonds is 4. The van der Waals surface area contributed by atoms with Gasteiger partial charge in [0, 0.05) is 24.3 Å². The average molecular weight is 272 g/mol. The molecule has 0 unspecified atom stereocenters. The van der Waals surface area contributed by atoms with Crippen LogP contribution in [0.5, 0.6) is 0 Å². The Kier molecular flexibility index (Phi) is 3.38. The molecular formula is C14H20N6. The van der Waals surface area contributed by atoms with E-state index in [0.717, 1.165) is 24.5 Å². The normalized spacial score (nSPS) is 13.8. The molecule has 2 aromatic heterocycles. The van der Waals surface area contributed by atoms with Crippen LogP contribution in [0, 0.1) is 0 Å². The molecule has 3 rings (SSSR count). The molecule has 106 valence electrons. The fourth-order valence-corrected chi connectivity index (χ4v) is 2.77. The zero-order valence-electron chi connectivity index (χ0n) is 12.2. The molecule has 0 amide bonds. The first-order valence-electron chi connectivity index (χ1n) is 7.09. The summed E-state index contributed by atoms with van der Waals surface area (Å²) in [6.45, 7) is 4.98. The molecule has 0 atom stereocenters. The summed E-state index contributed by atoms with van der Waals surface area (Å²) in [6, 6.07) is 0.365. The Morgan fingerprint density at radius 1 is 1.30 bits per heavy atom. The number of aryl methyl sites for hydroxylation is 1. The van der Waals surface area contributed by atoms with Crippen molar-refractivity contribution in [2.45, 2.75) is 45.7 Å². The van der Waals surface area contributed by atoms with Gasteiger partial charge in [-0.05, 0) is 33.1 Å². The maximum Gasteiger partial charge on any atom is 0.152 e. The smallest absolute Gasteiger partial charge is 0.152 e. The fraction of sp³-hybridized carbons (Fsp3) is 0.571. The van der Waals surface area contributed by atoms with Crippen molar-refractivity contribution >= 4 is 5.82 Å². The first-order valence-corrected chi connectivity index (χ1v) is 7.09. The number of hydrogen-bond acceptors (Lipinski definition) is 5. The van der Waals surface area contributed by atoms with Crippen molar-refractivity contribution in [2.75, 3.05) is 11.9 Å². The summed E-state index contributed by atoms with van der Waals surface area (Å²) >= 11 is 0. The van der Waals surface area contributed by atoms with Gasteiger partial charge in [0.1, 0.15) is 18.5 Å². The largest absolute Gasteiger partial charge is 0.352 e. The predicted octanol–water partition coefficient (Wildman–Crippen LogP) is 1.77. The van der Waals surface area contributed by atoms with Gasteiger partial charge < -0.3 is 9.47 Å². The molecule has 6 nitrogen and oxygen atoms in total. The quantitative estimate of drug-likeness (QED) is 0.849. The highest BCUT2D eigenvalue weighted by Gasteiger charge is 2.20. The van der Waals surface area contributed by atoms with E-state index in [1.807, 2.05) is 0 Å². The Balaban J connectivity index is 1.85. The zero-order chi connectivity index (χ0) is 14.1. The van der Waals surface area contributed by atoms with Gasteiger partial charge in [-0.15, -0.1) is 10.2 Å². The standard InChI is InChI=1S/C14H20N6/c1-10(2)20-9-17-18-13(20)7-19(3)14-11-5-4-6-12(11)15-8-16-14/h8-10H,4-7H2,1-3H3. The Bertz CT molecular complexity index is 603. The molecule has 0 fully saturated rings. The lowest BCUT2D eigenvalue weighted by molar-refractivity contribution is 0.564. The minimum absolute atomic E-state index is 0.365. The molecule has 20 heavy (non-hydrogen) atoms. The summed E-state index contributed by atoms with van der Waals surface area (Å²) in [5.41, 5.74) is 2.50. The van der Waals surface area contributed by atoms with E-state index in [1.54, 1.807) is 12.7 Å². The number of fused-ring (bicyclic) bond motifs is 1. The molecule has 0 saturated heterocycles. The van der Waals surface area contributed by atoms with Gasteiger partial charge >= 0.3 is 0 Å². The van der Waals surface area contributed by atoms with Gasteiger partial charge in [0.2, 0.25) is 0 Å². The molecule has 0 spiro atoms. The maximum atomic E-state index is 4.46. The van der Waals surface area contributed by atoms with Crippen LogP contribution in [0.15, 0.2) is 12.7 Å². The van der Waals surface area contributed by atoms with Crippen LogP contribution in [0.25, 0.3) is 0 Å². The molecule has 2 aromatic rings. The van der Waals surface area contributed by atoms with E-state index in [1.165, 1.54) is 17.7 Å². The van der Waals surface area contributed by atoms with Crippen molar-refractivity contribution in [3.63, 3.8) is 0 Å². The van der Waals surface area contributed by atoms with E-state index in [0.29, 0.717) is 12.6 Å². The number of aromatic nitrogens is 5. The minimum atomic E-state index is 0.365. The van der Waals surface area contributed by atoms with Crippen LogP contribution in [0.1, 0.15) is 43.4 Å². The van der Waals surface area contributed by atoms with Crippen molar-refractivity contribution in [2.24, 2.45) is 0 Å². The second kappa shape index (κ2) is 5.19. The fourth-order valence-electron chi connectivity index (χ4n) is 2.77. The monoisotopic (exact) mass is 272 g/mol. The minimum Gasteiger partial charge on any atom is -0.352 e. The molecule has 0 N–H and O–H groups in total. The van der Waals surface area contributed by atoms with Crippen molar-refractivity contribution in [1.82, 2.24) is 24.7 Å². The summed E-state index contributed by atoms with van der Waals surface area (Å²) in [7, 11) is 2.06. The van der Waals surface area contributed by atoms with Gasteiger partial charge in [0.25, 0.3) is 0 Å². The summed E-state index contributed by atoms with van der Waals surface area (Å²) < 4.78 is 2.10. The number of hydrogen-bond donors (Lipinski definition) is 0. The van der Waals surface area contributed by atoms with E-state index in [9.17, 15) is 0 Å². The molecule has 0 aromatic carbocycles. The Labute approximate surface area is 118 Å². The lowest BCUT2D eigenvalue weighted by Gasteiger charge is -2.21. The van der Waals surface area contributed by atoms with E-state index in [4.69, 9.17) is 0 Å². The zero-order valence-corrected chi connectivity index (χ0v) is 12.2. The van der Waals surface area contributed by atoms with Crippen LogP contribution in [-0.2, 0) is 19.4 Å². The molecule has 1 aliphatic carbocycles. The van der Waals surface area contributed by atoms with Crippen LogP contribution < -0.4 is 4.90 Å². The molecule has 1 aliphatic rings. The first kappa shape index (κ1) is 13.0. The van der Waals surface area contributed by atoms with Crippen LogP contribution in [-0.4, -0.2) is 31.8 Å². The summed E-state index contributed by atoms with van der Waals surface area (Å²) in [5.74, 6) is 2.00. The van der Waals surface area contributed by atoms with Crippen LogP contribution in [0.3, 0.4) is 0 Å². The van der Waals surface area contributed by atoms with Gasteiger partial charge in [0.05, 0.1) is 6.54 Å². The van der Waals surface area contributed by atoms with Crippen LogP contribution >= 0.6 is 0 Å². The molecule has 0 aliphatic heterocycles. The molecule has 2 heterocycles. The second-order valence-electron chi connectivity index (χ2n) is 5.58. The van der Waals surface area contributed by atoms with Gasteiger partial charge in [-0.1, -0.05) is 0 Å². The Hall–Kier alpha value is -1.98. The van der Waals surface area contributed by atoms with E-state index in [2.05, 4.69) is 50.5 Å². The Morgan fingerprint density at radius 3 is 2.95 bits per heavy atom. The topological polar surface area (TPSA) is 59.7 Å². The first-order chi connectivity index (χ1) is 9.66. The van der Waals surface area contributed by atoms with Crippen molar-refractivity contribution in [3.8, 4) is 0 Å². The van der Waals surface area contributed by atoms with Gasteiger partial charge in [-0.2, -0.15) is 0 Å². The van der Waals surface area contributed by atoms with E-state index in [-0.39, 0.29) is 0 Å². The lowest BCUT2D eigenvalue weighted by Crippen LogP contribution is -2.22. The number of nitrogens with zero attached hydrogens (tertiary/aromatic N) is 6. The summed E-state index contributed by atoms with van der Waals surface area (Å²) in [6.07, 6.45) is 6.78. The molecule has 0 saturated carbocycles.